The monoisotopic (exact) mass is 464 g/mol. The molecule has 0 atom stereocenters. The van der Waals surface area contributed by atoms with Gasteiger partial charge in [0.05, 0.1) is 4.90 Å². The largest absolute Gasteiger partial charge is 0.430 e. The van der Waals surface area contributed by atoms with Crippen molar-refractivity contribution in [3.05, 3.63) is 85.0 Å². The van der Waals surface area contributed by atoms with E-state index < -0.39 is 33.5 Å². The highest BCUT2D eigenvalue weighted by Crippen LogP contribution is 2.50. The number of anilines is 1. The third-order valence-corrected chi connectivity index (χ3v) is 6.14. The molecule has 0 aliphatic carbocycles. The van der Waals surface area contributed by atoms with E-state index in [1.807, 2.05) is 0 Å². The van der Waals surface area contributed by atoms with Crippen LogP contribution in [-0.4, -0.2) is 30.2 Å². The Balaban J connectivity index is 1.84. The Morgan fingerprint density at radius 1 is 0.710 bits per heavy atom. The van der Waals surface area contributed by atoms with Gasteiger partial charge in [0.15, 0.2) is 0 Å². The van der Waals surface area contributed by atoms with Crippen LogP contribution in [-0.2, 0) is 15.6 Å². The van der Waals surface area contributed by atoms with Crippen LogP contribution in [0, 0.1) is 0 Å². The van der Waals surface area contributed by atoms with Crippen molar-refractivity contribution in [3.63, 3.8) is 0 Å². The molecular formula is C19H14F6N2O3S. The number of nitrogens with zero attached hydrogens (tertiary/aromatic N) is 2. The lowest BCUT2D eigenvalue weighted by Gasteiger charge is -2.33. The van der Waals surface area contributed by atoms with Gasteiger partial charge in [0.2, 0.25) is 0 Å². The van der Waals surface area contributed by atoms with Crippen molar-refractivity contribution in [3.8, 4) is 0 Å². The highest BCUT2D eigenvalue weighted by Gasteiger charge is 2.71. The minimum Gasteiger partial charge on any atom is -0.369 e. The third kappa shape index (κ3) is 4.00. The van der Waals surface area contributed by atoms with E-state index in [4.69, 9.17) is 0 Å². The van der Waals surface area contributed by atoms with Gasteiger partial charge in [-0.2, -0.15) is 26.3 Å². The Bertz CT molecular complexity index is 1070. The van der Waals surface area contributed by atoms with Crippen LogP contribution < -0.4 is 4.90 Å². The predicted octanol–water partition coefficient (Wildman–Crippen LogP) is 4.45. The summed E-state index contributed by atoms with van der Waals surface area (Å²) in [6, 6.07) is 10.4. The number of alkyl halides is 6. The summed E-state index contributed by atoms with van der Waals surface area (Å²) < 4.78 is 104. The quantitative estimate of drug-likeness (QED) is 0.680. The lowest BCUT2D eigenvalue weighted by Crippen LogP contribution is -2.53. The molecule has 5 nitrogen and oxygen atoms in total. The van der Waals surface area contributed by atoms with Gasteiger partial charge in [-0.05, 0) is 24.3 Å². The van der Waals surface area contributed by atoms with Gasteiger partial charge in [-0.25, -0.2) is 12.7 Å². The Morgan fingerprint density at radius 3 is 1.65 bits per heavy atom. The minimum atomic E-state index is -5.98. The van der Waals surface area contributed by atoms with Gasteiger partial charge < -0.3 is 10.0 Å². The fraction of sp³-hybridized carbons (Fsp3) is 0.158. The number of benzene rings is 2. The van der Waals surface area contributed by atoms with Crippen molar-refractivity contribution in [2.45, 2.75) is 22.8 Å². The lowest BCUT2D eigenvalue weighted by molar-refractivity contribution is -0.376. The first-order chi connectivity index (χ1) is 14.3. The maximum absolute atomic E-state index is 13.0. The number of halogens is 6. The molecule has 0 spiro atoms. The van der Waals surface area contributed by atoms with Gasteiger partial charge in [0, 0.05) is 36.1 Å². The van der Waals surface area contributed by atoms with Gasteiger partial charge in [-0.3, -0.25) is 0 Å². The molecule has 2 aromatic rings. The highest BCUT2D eigenvalue weighted by molar-refractivity contribution is 7.89. The zero-order valence-electron chi connectivity index (χ0n) is 15.3. The summed E-state index contributed by atoms with van der Waals surface area (Å²) in [7, 11) is -3.88. The average Bonchev–Trinajstić information content (AvgIpc) is 2.72. The number of hydrogen-bond donors (Lipinski definition) is 1. The van der Waals surface area contributed by atoms with Crippen LogP contribution in [0.2, 0.25) is 0 Å². The van der Waals surface area contributed by atoms with Crippen molar-refractivity contribution in [1.82, 2.24) is 4.31 Å². The van der Waals surface area contributed by atoms with Crippen molar-refractivity contribution in [2.24, 2.45) is 0 Å². The van der Waals surface area contributed by atoms with E-state index in [2.05, 4.69) is 0 Å². The first kappa shape index (κ1) is 22.7. The van der Waals surface area contributed by atoms with E-state index in [9.17, 15) is 39.9 Å². The van der Waals surface area contributed by atoms with Gasteiger partial charge >= 0.3 is 12.4 Å². The Labute approximate surface area is 173 Å². The summed E-state index contributed by atoms with van der Waals surface area (Å²) in [5.74, 6) is 0. The molecule has 12 heteroatoms. The fourth-order valence-corrected chi connectivity index (χ4v) is 3.96. The second kappa shape index (κ2) is 7.61. The third-order valence-electron chi connectivity index (χ3n) is 4.47. The van der Waals surface area contributed by atoms with Crippen LogP contribution >= 0.6 is 0 Å². The maximum Gasteiger partial charge on any atom is 0.430 e. The molecule has 0 radical (unpaired) electrons. The normalized spacial score (nSPS) is 15.5. The predicted molar refractivity (Wildman–Crippen MR) is 98.7 cm³/mol. The molecule has 3 rings (SSSR count). The Kier molecular flexibility index (Phi) is 5.57. The Morgan fingerprint density at radius 2 is 1.19 bits per heavy atom. The SMILES string of the molecule is O=S(=O)(c1ccccc1)N1C=CN(c2ccc(C(O)(C(F)(F)F)C(F)(F)F)cc2)C=C1. The number of hydrogen-bond acceptors (Lipinski definition) is 4. The molecule has 1 N–H and O–H groups in total. The smallest absolute Gasteiger partial charge is 0.369 e. The van der Waals surface area contributed by atoms with Crippen LogP contribution in [0.5, 0.6) is 0 Å². The van der Waals surface area contributed by atoms with Gasteiger partial charge in [-0.15, -0.1) is 0 Å². The summed E-state index contributed by atoms with van der Waals surface area (Å²) in [6.07, 6.45) is -7.12. The molecule has 0 unspecified atom stereocenters. The second-order valence-electron chi connectivity index (χ2n) is 6.40. The van der Waals surface area contributed by atoms with Crippen molar-refractivity contribution in [1.29, 1.82) is 0 Å². The number of aliphatic hydroxyl groups is 1. The van der Waals surface area contributed by atoms with E-state index >= 15 is 0 Å². The molecule has 166 valence electrons. The van der Waals surface area contributed by atoms with Crippen LogP contribution in [0.25, 0.3) is 0 Å². The molecular weight excluding hydrogens is 450 g/mol. The fourth-order valence-electron chi connectivity index (χ4n) is 2.78. The Hall–Kier alpha value is -2.99. The first-order valence-corrected chi connectivity index (χ1v) is 9.92. The average molecular weight is 464 g/mol. The molecule has 1 aliphatic heterocycles. The summed E-state index contributed by atoms with van der Waals surface area (Å²) in [5.41, 5.74) is -6.28. The maximum atomic E-state index is 13.0. The van der Waals surface area contributed by atoms with E-state index in [1.165, 1.54) is 29.4 Å². The lowest BCUT2D eigenvalue weighted by atomic mass is 9.92. The number of rotatable bonds is 4. The summed E-state index contributed by atoms with van der Waals surface area (Å²) in [5, 5.41) is 9.42. The molecule has 0 bridgehead atoms. The molecule has 0 aromatic heterocycles. The van der Waals surface area contributed by atoms with Crippen molar-refractivity contribution in [2.75, 3.05) is 4.90 Å². The van der Waals surface area contributed by atoms with Crippen LogP contribution in [0.15, 0.2) is 84.3 Å². The molecule has 0 amide bonds. The summed E-state index contributed by atoms with van der Waals surface area (Å²) >= 11 is 0. The van der Waals surface area contributed by atoms with E-state index in [1.54, 1.807) is 18.2 Å². The minimum absolute atomic E-state index is 0.0284. The number of sulfonamides is 1. The first-order valence-electron chi connectivity index (χ1n) is 8.48. The summed E-state index contributed by atoms with van der Waals surface area (Å²) in [4.78, 5) is 1.31. The van der Waals surface area contributed by atoms with E-state index in [-0.39, 0.29) is 10.6 Å². The zero-order chi connectivity index (χ0) is 23.1. The molecule has 1 aliphatic rings. The van der Waals surface area contributed by atoms with Gasteiger partial charge in [0.25, 0.3) is 15.6 Å². The van der Waals surface area contributed by atoms with E-state index in [0.29, 0.717) is 12.1 Å². The summed E-state index contributed by atoms with van der Waals surface area (Å²) in [6.45, 7) is 0. The topological polar surface area (TPSA) is 60.9 Å². The zero-order valence-corrected chi connectivity index (χ0v) is 16.2. The van der Waals surface area contributed by atoms with Crippen LogP contribution in [0.3, 0.4) is 0 Å². The standard InChI is InChI=1S/C19H14F6N2O3S/c20-18(21,22)17(28,19(23,24)25)14-6-8-15(9-7-14)26-10-12-27(13-11-26)31(29,30)16-4-2-1-3-5-16/h1-13,28H. The second-order valence-corrected chi connectivity index (χ2v) is 8.25. The molecule has 0 saturated carbocycles. The van der Waals surface area contributed by atoms with Gasteiger partial charge in [-0.1, -0.05) is 30.3 Å². The van der Waals surface area contributed by atoms with Gasteiger partial charge in [0.1, 0.15) is 0 Å². The van der Waals surface area contributed by atoms with Crippen molar-refractivity contribution >= 4 is 15.7 Å². The molecule has 2 aromatic carbocycles. The van der Waals surface area contributed by atoms with Crippen molar-refractivity contribution < 1.29 is 39.9 Å². The molecule has 31 heavy (non-hydrogen) atoms. The highest BCUT2D eigenvalue weighted by atomic mass is 32.2. The van der Waals surface area contributed by atoms with E-state index in [0.717, 1.165) is 28.8 Å². The molecule has 0 saturated heterocycles. The molecule has 0 fully saturated rings. The van der Waals surface area contributed by atoms with Crippen LogP contribution in [0.4, 0.5) is 32.0 Å². The molecule has 1 heterocycles. The van der Waals surface area contributed by atoms with Crippen LogP contribution in [0.1, 0.15) is 5.56 Å².